The minimum Gasteiger partial charge on any atom is -0.393 e. The van der Waals surface area contributed by atoms with E-state index in [2.05, 4.69) is 41.5 Å². The highest BCUT2D eigenvalue weighted by Gasteiger charge is 2.60. The van der Waals surface area contributed by atoms with Gasteiger partial charge >= 0.3 is 0 Å². The van der Waals surface area contributed by atoms with Crippen molar-refractivity contribution in [1.82, 2.24) is 0 Å². The standard InChI is InChI=1S/C28H50O/c1-19(8-7-15-26(2,3)4)23-11-12-24-22-10-9-20-18-21(29)13-16-27(20,5)25(22)14-17-28(23,24)6/h19-25,29H,7-18H2,1-6H3/t19-,20+,21+,22+,23-,24+,25+,27+,28-/m1/s1. The highest BCUT2D eigenvalue weighted by Crippen LogP contribution is 2.68. The van der Waals surface area contributed by atoms with Crippen LogP contribution >= 0.6 is 0 Å². The summed E-state index contributed by atoms with van der Waals surface area (Å²) in [6.45, 7) is 15.1. The van der Waals surface area contributed by atoms with Crippen molar-refractivity contribution in [2.45, 2.75) is 125 Å². The molecule has 1 nitrogen and oxygen atoms in total. The van der Waals surface area contributed by atoms with Gasteiger partial charge in [0.15, 0.2) is 0 Å². The smallest absolute Gasteiger partial charge is 0.0543 e. The highest BCUT2D eigenvalue weighted by atomic mass is 16.3. The third-order valence-electron chi connectivity index (χ3n) is 11.0. The Balaban J connectivity index is 1.44. The molecule has 0 aromatic heterocycles. The normalized spacial score (nSPS) is 48.5. The summed E-state index contributed by atoms with van der Waals surface area (Å²) in [5, 5.41) is 10.3. The number of aliphatic hydroxyl groups is 1. The maximum absolute atomic E-state index is 10.3. The molecule has 0 radical (unpaired) electrons. The van der Waals surface area contributed by atoms with E-state index >= 15 is 0 Å². The van der Waals surface area contributed by atoms with E-state index in [1.54, 1.807) is 0 Å². The first kappa shape index (κ1) is 22.2. The van der Waals surface area contributed by atoms with E-state index in [0.29, 0.717) is 16.2 Å². The summed E-state index contributed by atoms with van der Waals surface area (Å²) < 4.78 is 0. The number of hydrogen-bond acceptors (Lipinski definition) is 1. The van der Waals surface area contributed by atoms with Crippen LogP contribution in [0.4, 0.5) is 0 Å². The van der Waals surface area contributed by atoms with Crippen molar-refractivity contribution in [2.75, 3.05) is 0 Å². The van der Waals surface area contributed by atoms with Gasteiger partial charge in [-0.2, -0.15) is 0 Å². The summed E-state index contributed by atoms with van der Waals surface area (Å²) in [4.78, 5) is 0. The third kappa shape index (κ3) is 3.96. The van der Waals surface area contributed by atoms with Crippen LogP contribution < -0.4 is 0 Å². The zero-order valence-corrected chi connectivity index (χ0v) is 20.5. The van der Waals surface area contributed by atoms with Crippen molar-refractivity contribution in [3.63, 3.8) is 0 Å². The van der Waals surface area contributed by atoms with Gasteiger partial charge in [-0.15, -0.1) is 0 Å². The Morgan fingerprint density at radius 2 is 1.59 bits per heavy atom. The lowest BCUT2D eigenvalue weighted by Gasteiger charge is -2.61. The minimum atomic E-state index is -0.0108. The molecule has 9 atom stereocenters. The number of rotatable bonds is 4. The van der Waals surface area contributed by atoms with Gasteiger partial charge in [0.25, 0.3) is 0 Å². The molecule has 0 amide bonds. The second-order valence-corrected chi connectivity index (χ2v) is 13.7. The van der Waals surface area contributed by atoms with E-state index in [9.17, 15) is 5.11 Å². The predicted octanol–water partition coefficient (Wildman–Crippen LogP) is 7.86. The molecular weight excluding hydrogens is 352 g/mol. The van der Waals surface area contributed by atoms with Crippen LogP contribution in [0.15, 0.2) is 0 Å². The number of fused-ring (bicyclic) bond motifs is 5. The molecule has 4 aliphatic rings. The van der Waals surface area contributed by atoms with Crippen molar-refractivity contribution < 1.29 is 5.11 Å². The van der Waals surface area contributed by atoms with Crippen LogP contribution in [0.1, 0.15) is 119 Å². The highest BCUT2D eigenvalue weighted by molar-refractivity contribution is 5.09. The Labute approximate surface area is 181 Å². The fraction of sp³-hybridized carbons (Fsp3) is 1.00. The molecule has 0 aliphatic heterocycles. The van der Waals surface area contributed by atoms with Gasteiger partial charge in [-0.1, -0.05) is 54.4 Å². The summed E-state index contributed by atoms with van der Waals surface area (Å²) in [5.74, 6) is 5.58. The van der Waals surface area contributed by atoms with E-state index in [-0.39, 0.29) is 6.10 Å². The van der Waals surface area contributed by atoms with Crippen LogP contribution in [0.2, 0.25) is 0 Å². The molecule has 0 saturated heterocycles. The first-order chi connectivity index (χ1) is 13.5. The Bertz CT molecular complexity index is 575. The van der Waals surface area contributed by atoms with E-state index in [1.807, 2.05) is 0 Å². The van der Waals surface area contributed by atoms with Crippen molar-refractivity contribution >= 4 is 0 Å². The van der Waals surface area contributed by atoms with Crippen LogP contribution in [0.5, 0.6) is 0 Å². The largest absolute Gasteiger partial charge is 0.393 e. The molecule has 0 unspecified atom stereocenters. The van der Waals surface area contributed by atoms with Crippen molar-refractivity contribution in [3.8, 4) is 0 Å². The van der Waals surface area contributed by atoms with Crippen molar-refractivity contribution in [3.05, 3.63) is 0 Å². The molecule has 0 bridgehead atoms. The molecule has 4 fully saturated rings. The topological polar surface area (TPSA) is 20.2 Å². The molecular formula is C28H50O. The average molecular weight is 403 g/mol. The van der Waals surface area contributed by atoms with Gasteiger partial charge in [0.05, 0.1) is 6.10 Å². The summed E-state index contributed by atoms with van der Waals surface area (Å²) in [6.07, 6.45) is 16.5. The molecule has 0 aromatic carbocycles. The first-order valence-corrected chi connectivity index (χ1v) is 13.2. The van der Waals surface area contributed by atoms with Gasteiger partial charge in [0.2, 0.25) is 0 Å². The SMILES string of the molecule is C[C@H](CCCC(C)(C)C)[C@H]1CC[C@H]2[C@@H]3CC[C@H]4C[C@@H](O)CC[C@]4(C)[C@H]3CC[C@]12C. The molecule has 0 aromatic rings. The lowest BCUT2D eigenvalue weighted by molar-refractivity contribution is -0.129. The monoisotopic (exact) mass is 402 g/mol. The van der Waals surface area contributed by atoms with Crippen molar-refractivity contribution in [1.29, 1.82) is 0 Å². The van der Waals surface area contributed by atoms with E-state index in [1.165, 1.54) is 64.2 Å². The van der Waals surface area contributed by atoms with Crippen LogP contribution in [0.3, 0.4) is 0 Å². The summed E-state index contributed by atoms with van der Waals surface area (Å²) in [5.41, 5.74) is 1.63. The van der Waals surface area contributed by atoms with E-state index < -0.39 is 0 Å². The molecule has 29 heavy (non-hydrogen) atoms. The lowest BCUT2D eigenvalue weighted by Crippen LogP contribution is -2.54. The summed E-state index contributed by atoms with van der Waals surface area (Å²) in [6, 6.07) is 0. The molecule has 168 valence electrons. The van der Waals surface area contributed by atoms with Crippen molar-refractivity contribution in [2.24, 2.45) is 51.8 Å². The first-order valence-electron chi connectivity index (χ1n) is 13.2. The fourth-order valence-corrected chi connectivity index (χ4v) is 9.37. The Morgan fingerprint density at radius 3 is 2.31 bits per heavy atom. The van der Waals surface area contributed by atoms with Gasteiger partial charge in [0.1, 0.15) is 0 Å². The summed E-state index contributed by atoms with van der Waals surface area (Å²) >= 11 is 0. The van der Waals surface area contributed by atoms with Crippen LogP contribution in [-0.2, 0) is 0 Å². The Morgan fingerprint density at radius 1 is 0.897 bits per heavy atom. The second-order valence-electron chi connectivity index (χ2n) is 13.7. The molecule has 0 spiro atoms. The summed E-state index contributed by atoms with van der Waals surface area (Å²) in [7, 11) is 0. The maximum Gasteiger partial charge on any atom is 0.0543 e. The Kier molecular flexibility index (Phi) is 5.98. The van der Waals surface area contributed by atoms with Gasteiger partial charge in [-0.3, -0.25) is 0 Å². The number of aliphatic hydroxyl groups excluding tert-OH is 1. The second kappa shape index (κ2) is 7.83. The minimum absolute atomic E-state index is 0.0108. The molecule has 1 heteroatoms. The predicted molar refractivity (Wildman–Crippen MR) is 124 cm³/mol. The van der Waals surface area contributed by atoms with E-state index in [4.69, 9.17) is 0 Å². The zero-order valence-electron chi connectivity index (χ0n) is 20.5. The molecule has 4 aliphatic carbocycles. The molecule has 0 heterocycles. The van der Waals surface area contributed by atoms with Gasteiger partial charge in [-0.25, -0.2) is 0 Å². The van der Waals surface area contributed by atoms with Crippen LogP contribution in [0, 0.1) is 51.8 Å². The molecule has 1 N–H and O–H groups in total. The molecule has 4 saturated carbocycles. The zero-order chi connectivity index (χ0) is 21.0. The average Bonchev–Trinajstić information content (AvgIpc) is 2.98. The van der Waals surface area contributed by atoms with Gasteiger partial charge in [0, 0.05) is 0 Å². The van der Waals surface area contributed by atoms with Gasteiger partial charge < -0.3 is 5.11 Å². The van der Waals surface area contributed by atoms with E-state index in [0.717, 1.165) is 48.3 Å². The third-order valence-corrected chi connectivity index (χ3v) is 11.0. The van der Waals surface area contributed by atoms with Gasteiger partial charge in [-0.05, 0) is 116 Å². The quantitative estimate of drug-likeness (QED) is 0.507. The fourth-order valence-electron chi connectivity index (χ4n) is 9.37. The Hall–Kier alpha value is -0.0400. The van der Waals surface area contributed by atoms with Crippen LogP contribution in [0.25, 0.3) is 0 Å². The lowest BCUT2D eigenvalue weighted by atomic mass is 9.44. The van der Waals surface area contributed by atoms with Crippen LogP contribution in [-0.4, -0.2) is 11.2 Å². The number of hydrogen-bond donors (Lipinski definition) is 1. The maximum atomic E-state index is 10.3. The molecule has 4 rings (SSSR count).